The Morgan fingerprint density at radius 2 is 1.86 bits per heavy atom. The van der Waals surface area contributed by atoms with E-state index in [4.69, 9.17) is 0 Å². The molecular formula is C16H26N2O2S. The summed E-state index contributed by atoms with van der Waals surface area (Å²) in [6.07, 6.45) is 3.92. The van der Waals surface area contributed by atoms with Crippen molar-refractivity contribution >= 4 is 10.0 Å². The van der Waals surface area contributed by atoms with Crippen molar-refractivity contribution in [1.29, 1.82) is 0 Å². The first kappa shape index (κ1) is 16.5. The zero-order valence-corrected chi connectivity index (χ0v) is 14.0. The number of aryl methyl sites for hydroxylation is 2. The molecule has 1 heterocycles. The van der Waals surface area contributed by atoms with E-state index in [1.165, 1.54) is 0 Å². The van der Waals surface area contributed by atoms with E-state index in [-0.39, 0.29) is 6.04 Å². The summed E-state index contributed by atoms with van der Waals surface area (Å²) >= 11 is 0. The summed E-state index contributed by atoms with van der Waals surface area (Å²) in [6, 6.07) is 5.70. The van der Waals surface area contributed by atoms with E-state index in [1.807, 2.05) is 27.0 Å². The monoisotopic (exact) mass is 310 g/mol. The fourth-order valence-electron chi connectivity index (χ4n) is 3.11. The summed E-state index contributed by atoms with van der Waals surface area (Å²) in [7, 11) is -1.47. The zero-order valence-electron chi connectivity index (χ0n) is 13.2. The number of piperidine rings is 1. The average Bonchev–Trinajstić information content (AvgIpc) is 2.44. The van der Waals surface area contributed by atoms with Crippen molar-refractivity contribution in [2.45, 2.75) is 50.5 Å². The van der Waals surface area contributed by atoms with Crippen LogP contribution in [-0.2, 0) is 10.0 Å². The minimum atomic E-state index is -3.38. The third-order valence-corrected chi connectivity index (χ3v) is 6.03. The van der Waals surface area contributed by atoms with Gasteiger partial charge in [-0.25, -0.2) is 8.42 Å². The van der Waals surface area contributed by atoms with Crippen LogP contribution in [0.3, 0.4) is 0 Å². The number of sulfonamides is 1. The molecule has 5 heteroatoms. The number of hydrogen-bond acceptors (Lipinski definition) is 3. The van der Waals surface area contributed by atoms with Crippen LogP contribution in [0, 0.1) is 13.8 Å². The van der Waals surface area contributed by atoms with E-state index < -0.39 is 10.0 Å². The van der Waals surface area contributed by atoms with E-state index in [0.29, 0.717) is 11.4 Å². The fraction of sp³-hybridized carbons (Fsp3) is 0.625. The number of nitrogens with one attached hydrogen (secondary N) is 1. The van der Waals surface area contributed by atoms with Gasteiger partial charge >= 0.3 is 0 Å². The van der Waals surface area contributed by atoms with Gasteiger partial charge in [0.05, 0.1) is 4.90 Å². The minimum Gasteiger partial charge on any atom is -0.320 e. The second kappa shape index (κ2) is 6.90. The molecule has 1 aliphatic rings. The minimum absolute atomic E-state index is 0.122. The predicted molar refractivity (Wildman–Crippen MR) is 86.0 cm³/mol. The number of rotatable bonds is 5. The van der Waals surface area contributed by atoms with Gasteiger partial charge in [-0.2, -0.15) is 4.31 Å². The first-order chi connectivity index (χ1) is 9.95. The Morgan fingerprint density at radius 3 is 2.48 bits per heavy atom. The van der Waals surface area contributed by atoms with Crippen LogP contribution >= 0.6 is 0 Å². The largest absolute Gasteiger partial charge is 0.320 e. The molecule has 0 radical (unpaired) electrons. The summed E-state index contributed by atoms with van der Waals surface area (Å²) in [4.78, 5) is 0.441. The SMILES string of the molecule is CNCCC1CCCCN1S(=O)(=O)c1cc(C)cc(C)c1. The summed E-state index contributed by atoms with van der Waals surface area (Å²) in [5, 5.41) is 3.12. The molecule has 1 unspecified atom stereocenters. The second-order valence-corrected chi connectivity index (χ2v) is 7.87. The Labute approximate surface area is 128 Å². The van der Waals surface area contributed by atoms with E-state index in [0.717, 1.165) is 43.4 Å². The quantitative estimate of drug-likeness (QED) is 0.909. The van der Waals surface area contributed by atoms with Crippen molar-refractivity contribution in [3.8, 4) is 0 Å². The predicted octanol–water partition coefficient (Wildman–Crippen LogP) is 2.46. The van der Waals surface area contributed by atoms with Gasteiger partial charge in [0, 0.05) is 12.6 Å². The highest BCUT2D eigenvalue weighted by molar-refractivity contribution is 7.89. The van der Waals surface area contributed by atoms with Gasteiger partial charge in [-0.3, -0.25) is 0 Å². The van der Waals surface area contributed by atoms with Gasteiger partial charge in [0.25, 0.3) is 0 Å². The summed E-state index contributed by atoms with van der Waals surface area (Å²) in [5.41, 5.74) is 2.00. The molecule has 1 fully saturated rings. The van der Waals surface area contributed by atoms with Crippen molar-refractivity contribution < 1.29 is 8.42 Å². The maximum Gasteiger partial charge on any atom is 0.243 e. The van der Waals surface area contributed by atoms with Crippen LogP contribution in [0.4, 0.5) is 0 Å². The van der Waals surface area contributed by atoms with Gasteiger partial charge in [0.2, 0.25) is 10.0 Å². The van der Waals surface area contributed by atoms with Gasteiger partial charge in [0.15, 0.2) is 0 Å². The number of hydrogen-bond donors (Lipinski definition) is 1. The maximum atomic E-state index is 13.0. The lowest BCUT2D eigenvalue weighted by Gasteiger charge is -2.35. The first-order valence-electron chi connectivity index (χ1n) is 7.70. The van der Waals surface area contributed by atoms with Crippen molar-refractivity contribution in [1.82, 2.24) is 9.62 Å². The molecule has 118 valence electrons. The number of nitrogens with zero attached hydrogens (tertiary/aromatic N) is 1. The molecule has 1 aromatic carbocycles. The van der Waals surface area contributed by atoms with Crippen LogP contribution in [0.2, 0.25) is 0 Å². The lowest BCUT2D eigenvalue weighted by Crippen LogP contribution is -2.44. The van der Waals surface area contributed by atoms with Crippen molar-refractivity contribution in [3.05, 3.63) is 29.3 Å². The van der Waals surface area contributed by atoms with Crippen molar-refractivity contribution in [2.75, 3.05) is 20.1 Å². The van der Waals surface area contributed by atoms with E-state index in [9.17, 15) is 8.42 Å². The summed E-state index contributed by atoms with van der Waals surface area (Å²) in [6.45, 7) is 5.38. The molecule has 2 rings (SSSR count). The maximum absolute atomic E-state index is 13.0. The molecule has 1 atom stereocenters. The molecule has 0 aliphatic carbocycles. The molecule has 1 aromatic rings. The molecule has 1 saturated heterocycles. The Kier molecular flexibility index (Phi) is 5.41. The third-order valence-electron chi connectivity index (χ3n) is 4.10. The van der Waals surface area contributed by atoms with Crippen LogP contribution in [0.15, 0.2) is 23.1 Å². The van der Waals surface area contributed by atoms with E-state index in [1.54, 1.807) is 16.4 Å². The Morgan fingerprint density at radius 1 is 1.19 bits per heavy atom. The Hall–Kier alpha value is -0.910. The van der Waals surface area contributed by atoms with Gasteiger partial charge in [-0.15, -0.1) is 0 Å². The topological polar surface area (TPSA) is 49.4 Å². The standard InChI is InChI=1S/C16H26N2O2S/c1-13-10-14(2)12-16(11-13)21(19,20)18-9-5-4-6-15(18)7-8-17-3/h10-12,15,17H,4-9H2,1-3H3. The van der Waals surface area contributed by atoms with Crippen LogP contribution < -0.4 is 5.32 Å². The van der Waals surface area contributed by atoms with Crippen molar-refractivity contribution in [2.24, 2.45) is 0 Å². The van der Waals surface area contributed by atoms with Crippen molar-refractivity contribution in [3.63, 3.8) is 0 Å². The van der Waals surface area contributed by atoms with Crippen LogP contribution in [0.5, 0.6) is 0 Å². The van der Waals surface area contributed by atoms with E-state index in [2.05, 4.69) is 5.32 Å². The molecule has 1 N–H and O–H groups in total. The molecule has 0 spiro atoms. The summed E-state index contributed by atoms with van der Waals surface area (Å²) < 4.78 is 27.7. The van der Waals surface area contributed by atoms with Gasteiger partial charge < -0.3 is 5.32 Å². The fourth-order valence-corrected chi connectivity index (χ4v) is 5.02. The molecule has 21 heavy (non-hydrogen) atoms. The molecular weight excluding hydrogens is 284 g/mol. The Balaban J connectivity index is 2.31. The first-order valence-corrected chi connectivity index (χ1v) is 9.14. The number of benzene rings is 1. The van der Waals surface area contributed by atoms with Gasteiger partial charge in [0.1, 0.15) is 0 Å². The van der Waals surface area contributed by atoms with E-state index >= 15 is 0 Å². The van der Waals surface area contributed by atoms with Crippen LogP contribution in [0.1, 0.15) is 36.8 Å². The normalized spacial score (nSPS) is 20.6. The highest BCUT2D eigenvalue weighted by atomic mass is 32.2. The molecule has 0 bridgehead atoms. The van der Waals surface area contributed by atoms with Crippen LogP contribution in [0.25, 0.3) is 0 Å². The van der Waals surface area contributed by atoms with Crippen LogP contribution in [-0.4, -0.2) is 38.9 Å². The lowest BCUT2D eigenvalue weighted by molar-refractivity contribution is 0.240. The molecule has 0 amide bonds. The molecule has 4 nitrogen and oxygen atoms in total. The highest BCUT2D eigenvalue weighted by Crippen LogP contribution is 2.27. The molecule has 0 aromatic heterocycles. The Bertz CT molecular complexity index is 564. The second-order valence-electron chi connectivity index (χ2n) is 5.98. The van der Waals surface area contributed by atoms with Gasteiger partial charge in [-0.05, 0) is 70.0 Å². The molecule has 0 saturated carbocycles. The zero-order chi connectivity index (χ0) is 15.5. The summed E-state index contributed by atoms with van der Waals surface area (Å²) in [5.74, 6) is 0. The lowest BCUT2D eigenvalue weighted by atomic mass is 10.0. The average molecular weight is 310 g/mol. The molecule has 1 aliphatic heterocycles. The highest BCUT2D eigenvalue weighted by Gasteiger charge is 2.33. The van der Waals surface area contributed by atoms with Gasteiger partial charge in [-0.1, -0.05) is 12.5 Å². The third kappa shape index (κ3) is 3.84. The smallest absolute Gasteiger partial charge is 0.243 e.